The van der Waals surface area contributed by atoms with Gasteiger partial charge in [0.15, 0.2) is 0 Å². The Morgan fingerprint density at radius 1 is 0.930 bits per heavy atom. The zero-order chi connectivity index (χ0) is 30.0. The normalized spacial score (nSPS) is 19.1. The maximum Gasteiger partial charge on any atom is 0.407 e. The Balaban J connectivity index is 1.27. The number of carbonyl (C=O) groups is 3. The molecule has 3 aromatic carbocycles. The van der Waals surface area contributed by atoms with Crippen molar-refractivity contribution < 1.29 is 23.9 Å². The van der Waals surface area contributed by atoms with Gasteiger partial charge in [0.05, 0.1) is 19.8 Å². The van der Waals surface area contributed by atoms with Crippen molar-refractivity contribution in [2.24, 2.45) is 0 Å². The second-order valence-corrected chi connectivity index (χ2v) is 11.0. The minimum absolute atomic E-state index is 0.0410. The number of carbonyl (C=O) groups excluding carboxylic acids is 3. The Bertz CT molecular complexity index is 1320. The van der Waals surface area contributed by atoms with Gasteiger partial charge in [0.1, 0.15) is 12.1 Å². The van der Waals surface area contributed by atoms with Crippen LogP contribution in [-0.2, 0) is 25.5 Å². The van der Waals surface area contributed by atoms with Gasteiger partial charge in [0, 0.05) is 31.2 Å². The number of anilines is 1. The molecule has 2 aliphatic rings. The molecule has 1 unspecified atom stereocenters. The van der Waals surface area contributed by atoms with Crippen molar-refractivity contribution >= 4 is 23.6 Å². The SMILES string of the molecule is COC(=O)NC(C(=O)Nc1ccccc1CC[C@@H]1CN[C@H](C(=O)N2CCCC2)CO1)C(c1ccccc1)c1ccccc1. The first-order valence-electron chi connectivity index (χ1n) is 15.0. The number of hydrogen-bond donors (Lipinski definition) is 3. The summed E-state index contributed by atoms with van der Waals surface area (Å²) in [5, 5.41) is 9.25. The molecule has 2 heterocycles. The van der Waals surface area contributed by atoms with Crippen molar-refractivity contribution in [2.45, 2.75) is 49.8 Å². The topological polar surface area (TPSA) is 109 Å². The smallest absolute Gasteiger partial charge is 0.407 e. The predicted octanol–water partition coefficient (Wildman–Crippen LogP) is 4.09. The summed E-state index contributed by atoms with van der Waals surface area (Å²) >= 11 is 0. The van der Waals surface area contributed by atoms with Crippen molar-refractivity contribution in [3.8, 4) is 0 Å². The van der Waals surface area contributed by atoms with E-state index in [2.05, 4.69) is 16.0 Å². The van der Waals surface area contributed by atoms with E-state index in [1.54, 1.807) is 0 Å². The summed E-state index contributed by atoms with van der Waals surface area (Å²) in [5.74, 6) is -0.676. The molecule has 0 aliphatic carbocycles. The lowest BCUT2D eigenvalue weighted by molar-refractivity contribution is -0.137. The molecule has 3 aromatic rings. The Morgan fingerprint density at radius 3 is 2.16 bits per heavy atom. The van der Waals surface area contributed by atoms with Gasteiger partial charge in [-0.1, -0.05) is 78.9 Å². The number of nitrogens with one attached hydrogen (secondary N) is 3. The summed E-state index contributed by atoms with van der Waals surface area (Å²) in [5.41, 5.74) is 3.42. The van der Waals surface area contributed by atoms with Crippen LogP contribution in [0.5, 0.6) is 0 Å². The van der Waals surface area contributed by atoms with E-state index in [1.807, 2.05) is 89.8 Å². The zero-order valence-electron chi connectivity index (χ0n) is 24.5. The minimum Gasteiger partial charge on any atom is -0.453 e. The largest absolute Gasteiger partial charge is 0.453 e. The Kier molecular flexibility index (Phi) is 10.4. The van der Waals surface area contributed by atoms with Crippen LogP contribution >= 0.6 is 0 Å². The van der Waals surface area contributed by atoms with Crippen molar-refractivity contribution in [3.63, 3.8) is 0 Å². The highest BCUT2D eigenvalue weighted by molar-refractivity contribution is 5.98. The summed E-state index contributed by atoms with van der Waals surface area (Å²) in [6.07, 6.45) is 2.80. The highest BCUT2D eigenvalue weighted by Crippen LogP contribution is 2.30. The van der Waals surface area contributed by atoms with E-state index < -0.39 is 18.1 Å². The number of rotatable bonds is 10. The van der Waals surface area contributed by atoms with Gasteiger partial charge in [-0.2, -0.15) is 0 Å². The molecule has 43 heavy (non-hydrogen) atoms. The van der Waals surface area contributed by atoms with E-state index in [9.17, 15) is 14.4 Å². The van der Waals surface area contributed by atoms with Gasteiger partial charge in [-0.05, 0) is 48.4 Å². The summed E-state index contributed by atoms with van der Waals surface area (Å²) < 4.78 is 11.0. The lowest BCUT2D eigenvalue weighted by Gasteiger charge is -2.32. The molecule has 0 saturated carbocycles. The van der Waals surface area contributed by atoms with Crippen molar-refractivity contribution in [1.82, 2.24) is 15.5 Å². The number of methoxy groups -OCH3 is 1. The van der Waals surface area contributed by atoms with Crippen molar-refractivity contribution in [3.05, 3.63) is 102 Å². The molecule has 2 aliphatic heterocycles. The van der Waals surface area contributed by atoms with E-state index in [4.69, 9.17) is 9.47 Å². The number of alkyl carbamates (subject to hydrolysis) is 1. The molecular weight excluding hydrogens is 544 g/mol. The first kappa shape index (κ1) is 30.3. The predicted molar refractivity (Wildman–Crippen MR) is 165 cm³/mol. The number of likely N-dealkylation sites (tertiary alicyclic amines) is 1. The molecule has 226 valence electrons. The third-order valence-electron chi connectivity index (χ3n) is 8.21. The molecule has 0 spiro atoms. The van der Waals surface area contributed by atoms with Crippen LogP contribution < -0.4 is 16.0 Å². The highest BCUT2D eigenvalue weighted by Gasteiger charge is 2.34. The second-order valence-electron chi connectivity index (χ2n) is 11.0. The molecule has 9 nitrogen and oxygen atoms in total. The molecular formula is C34H40N4O5. The van der Waals surface area contributed by atoms with E-state index in [0.717, 1.165) is 49.0 Å². The van der Waals surface area contributed by atoms with Crippen LogP contribution in [0, 0.1) is 0 Å². The molecule has 0 bridgehead atoms. The zero-order valence-corrected chi connectivity index (χ0v) is 24.5. The molecule has 3 N–H and O–H groups in total. The average Bonchev–Trinajstić information content (AvgIpc) is 3.60. The van der Waals surface area contributed by atoms with Gasteiger partial charge in [0.25, 0.3) is 0 Å². The van der Waals surface area contributed by atoms with Crippen molar-refractivity contribution in [1.29, 1.82) is 0 Å². The Labute approximate surface area is 252 Å². The number of nitrogens with zero attached hydrogens (tertiary/aromatic N) is 1. The van der Waals surface area contributed by atoms with Gasteiger partial charge in [0.2, 0.25) is 11.8 Å². The fraction of sp³-hybridized carbons (Fsp3) is 0.382. The van der Waals surface area contributed by atoms with Crippen LogP contribution in [0.1, 0.15) is 41.9 Å². The van der Waals surface area contributed by atoms with Gasteiger partial charge in [-0.25, -0.2) is 4.79 Å². The number of amides is 3. The van der Waals surface area contributed by atoms with E-state index in [-0.39, 0.29) is 24.0 Å². The monoisotopic (exact) mass is 584 g/mol. The van der Waals surface area contributed by atoms with E-state index in [1.165, 1.54) is 7.11 Å². The molecule has 5 rings (SSSR count). The third kappa shape index (κ3) is 7.80. The van der Waals surface area contributed by atoms with Gasteiger partial charge in [-0.15, -0.1) is 0 Å². The van der Waals surface area contributed by atoms with Crippen LogP contribution in [0.3, 0.4) is 0 Å². The van der Waals surface area contributed by atoms with Gasteiger partial charge < -0.3 is 30.3 Å². The minimum atomic E-state index is -0.943. The standard InChI is InChI=1S/C34H40N4O5/c1-42-34(41)37-31(30(25-13-4-2-5-14-25)26-15-6-3-7-16-26)32(39)36-28-17-9-8-12-24(28)18-19-27-22-35-29(23-43-27)33(40)38-20-10-11-21-38/h2-9,12-17,27,29-31,35H,10-11,18-23H2,1H3,(H,36,39)(H,37,41)/t27-,29+,31?/m1/s1. The number of benzene rings is 3. The highest BCUT2D eigenvalue weighted by atomic mass is 16.5. The number of morpholine rings is 1. The molecule has 3 amide bonds. The quantitative estimate of drug-likeness (QED) is 0.331. The number of hydrogen-bond acceptors (Lipinski definition) is 6. The number of para-hydroxylation sites is 1. The summed E-state index contributed by atoms with van der Waals surface area (Å²) in [7, 11) is 1.28. The molecule has 3 atom stereocenters. The van der Waals surface area contributed by atoms with E-state index in [0.29, 0.717) is 25.3 Å². The Hall–Kier alpha value is -4.21. The summed E-state index contributed by atoms with van der Waals surface area (Å²) in [6, 6.07) is 25.7. The van der Waals surface area contributed by atoms with Gasteiger partial charge >= 0.3 is 6.09 Å². The lowest BCUT2D eigenvalue weighted by Crippen LogP contribution is -2.54. The van der Waals surface area contributed by atoms with Crippen LogP contribution in [-0.4, -0.2) is 74.3 Å². The van der Waals surface area contributed by atoms with Crippen molar-refractivity contribution in [2.75, 3.05) is 38.7 Å². The second kappa shape index (κ2) is 14.8. The first-order valence-corrected chi connectivity index (χ1v) is 15.0. The van der Waals surface area contributed by atoms with Gasteiger partial charge in [-0.3, -0.25) is 9.59 Å². The van der Waals surface area contributed by atoms with Crippen LogP contribution in [0.2, 0.25) is 0 Å². The number of ether oxygens (including phenoxy) is 2. The summed E-state index contributed by atoms with van der Waals surface area (Å²) in [6.45, 7) is 2.62. The third-order valence-corrected chi connectivity index (χ3v) is 8.21. The fourth-order valence-electron chi connectivity index (χ4n) is 5.90. The van der Waals surface area contributed by atoms with Crippen LogP contribution in [0.4, 0.5) is 10.5 Å². The van der Waals surface area contributed by atoms with E-state index >= 15 is 0 Å². The maximum atomic E-state index is 14.0. The average molecular weight is 585 g/mol. The van der Waals surface area contributed by atoms with Crippen LogP contribution in [0.25, 0.3) is 0 Å². The summed E-state index contributed by atoms with van der Waals surface area (Å²) in [4.78, 5) is 41.1. The first-order chi connectivity index (χ1) is 21.0. The number of aryl methyl sites for hydroxylation is 1. The maximum absolute atomic E-state index is 14.0. The molecule has 2 fully saturated rings. The lowest BCUT2D eigenvalue weighted by atomic mass is 9.84. The molecule has 9 heteroatoms. The van der Waals surface area contributed by atoms with Crippen LogP contribution in [0.15, 0.2) is 84.9 Å². The fourth-order valence-corrected chi connectivity index (χ4v) is 5.90. The Morgan fingerprint density at radius 2 is 1.56 bits per heavy atom. The molecule has 0 aromatic heterocycles. The molecule has 2 saturated heterocycles. The molecule has 0 radical (unpaired) electrons.